The highest BCUT2D eigenvalue weighted by Gasteiger charge is 2.11. The Morgan fingerprint density at radius 3 is 1.24 bits per heavy atom. The second-order valence-electron chi connectivity index (χ2n) is 9.54. The van der Waals surface area contributed by atoms with Crippen LogP contribution in [0.25, 0.3) is 0 Å². The zero-order chi connectivity index (χ0) is 21.2. The molecule has 0 spiro atoms. The first-order valence-corrected chi connectivity index (χ1v) is 13.2. The van der Waals surface area contributed by atoms with Gasteiger partial charge in [-0.25, -0.2) is 4.57 Å². The van der Waals surface area contributed by atoms with Gasteiger partial charge in [0.2, 0.25) is 0 Å². The molecule has 168 valence electrons. The molecule has 1 nitrogen and oxygen atoms in total. The summed E-state index contributed by atoms with van der Waals surface area (Å²) in [6, 6.07) is 3.06. The Kier molecular flexibility index (Phi) is 16.2. The van der Waals surface area contributed by atoms with Gasteiger partial charge in [0.1, 0.15) is 0 Å². The summed E-state index contributed by atoms with van der Waals surface area (Å²) >= 11 is 0. The average Bonchev–Trinajstić information content (AvgIpc) is 2.72. The summed E-state index contributed by atoms with van der Waals surface area (Å²) in [6.07, 6.45) is 29.8. The molecule has 1 heteroatoms. The quantitative estimate of drug-likeness (QED) is 0.161. The molecule has 0 radical (unpaired) electrons. The first-order chi connectivity index (χ1) is 14.2. The molecular weight excluding hydrogens is 350 g/mol. The van der Waals surface area contributed by atoms with Crippen LogP contribution in [-0.4, -0.2) is 0 Å². The van der Waals surface area contributed by atoms with Crippen LogP contribution >= 0.6 is 0 Å². The predicted molar refractivity (Wildman–Crippen MR) is 130 cm³/mol. The van der Waals surface area contributed by atoms with Crippen molar-refractivity contribution in [1.82, 2.24) is 0 Å². The Bertz CT molecular complexity index is 453. The Morgan fingerprint density at radius 1 is 0.552 bits per heavy atom. The molecule has 0 saturated heterocycles. The number of aryl methyl sites for hydroxylation is 2. The highest BCUT2D eigenvalue weighted by Crippen LogP contribution is 2.15. The molecule has 29 heavy (non-hydrogen) atoms. The molecule has 1 rings (SSSR count). The van der Waals surface area contributed by atoms with E-state index in [1.165, 1.54) is 116 Å². The third-order valence-electron chi connectivity index (χ3n) is 6.23. The van der Waals surface area contributed by atoms with E-state index in [0.29, 0.717) is 6.04 Å². The minimum atomic E-state index is 0.561. The van der Waals surface area contributed by atoms with Crippen LogP contribution in [0.1, 0.15) is 148 Å². The van der Waals surface area contributed by atoms with E-state index in [-0.39, 0.29) is 0 Å². The van der Waals surface area contributed by atoms with Gasteiger partial charge < -0.3 is 0 Å². The van der Waals surface area contributed by atoms with Gasteiger partial charge in [-0.3, -0.25) is 0 Å². The number of unbranched alkanes of at least 4 members (excludes halogenated alkanes) is 14. The first-order valence-electron chi connectivity index (χ1n) is 13.2. The Labute approximate surface area is 183 Å². The fourth-order valence-corrected chi connectivity index (χ4v) is 4.23. The Balaban J connectivity index is 2.31. The van der Waals surface area contributed by atoms with Gasteiger partial charge in [-0.15, -0.1) is 0 Å². The molecule has 1 aromatic heterocycles. The highest BCUT2D eigenvalue weighted by atomic mass is 15.0. The molecule has 0 atom stereocenters. The van der Waals surface area contributed by atoms with E-state index in [4.69, 9.17) is 0 Å². The maximum atomic E-state index is 2.50. The van der Waals surface area contributed by atoms with Crippen molar-refractivity contribution in [3.63, 3.8) is 0 Å². The summed E-state index contributed by atoms with van der Waals surface area (Å²) < 4.78 is 2.44. The number of hydrogen-bond acceptors (Lipinski definition) is 0. The van der Waals surface area contributed by atoms with E-state index in [1.807, 2.05) is 0 Å². The van der Waals surface area contributed by atoms with E-state index >= 15 is 0 Å². The van der Waals surface area contributed by atoms with Crippen molar-refractivity contribution in [1.29, 1.82) is 0 Å². The van der Waals surface area contributed by atoms with Gasteiger partial charge in [0, 0.05) is 11.1 Å². The van der Waals surface area contributed by atoms with Crippen molar-refractivity contribution in [3.05, 3.63) is 29.6 Å². The van der Waals surface area contributed by atoms with Crippen LogP contribution in [0.5, 0.6) is 0 Å². The summed E-state index contributed by atoms with van der Waals surface area (Å²) in [5.41, 5.74) is 3.11. The maximum Gasteiger partial charge on any atom is 0.172 e. The summed E-state index contributed by atoms with van der Waals surface area (Å²) in [5, 5.41) is 0. The van der Waals surface area contributed by atoms with Crippen LogP contribution in [-0.2, 0) is 12.8 Å². The molecule has 0 N–H and O–H groups in total. The number of pyridine rings is 1. The largest absolute Gasteiger partial charge is 0.203 e. The van der Waals surface area contributed by atoms with E-state index in [2.05, 4.69) is 50.7 Å². The second-order valence-corrected chi connectivity index (χ2v) is 9.54. The zero-order valence-electron chi connectivity index (χ0n) is 20.5. The molecule has 0 bridgehead atoms. The molecule has 0 aliphatic rings. The Morgan fingerprint density at radius 2 is 0.897 bits per heavy atom. The van der Waals surface area contributed by atoms with Crippen molar-refractivity contribution < 1.29 is 4.57 Å². The second kappa shape index (κ2) is 18.0. The van der Waals surface area contributed by atoms with E-state index in [9.17, 15) is 0 Å². The van der Waals surface area contributed by atoms with Crippen molar-refractivity contribution in [2.45, 2.75) is 149 Å². The SMILES string of the molecule is CCCCCCCCCCc1cc(CCCCCCCCCC)c[n+](C(C)C)c1. The van der Waals surface area contributed by atoms with Crippen molar-refractivity contribution in [2.75, 3.05) is 0 Å². The molecule has 0 fully saturated rings. The lowest BCUT2D eigenvalue weighted by Crippen LogP contribution is -2.36. The maximum absolute atomic E-state index is 2.50. The molecule has 0 saturated carbocycles. The van der Waals surface area contributed by atoms with Gasteiger partial charge >= 0.3 is 0 Å². The highest BCUT2D eigenvalue weighted by molar-refractivity contribution is 5.15. The average molecular weight is 403 g/mol. The molecule has 1 aromatic rings. The summed E-state index contributed by atoms with van der Waals surface area (Å²) in [7, 11) is 0. The minimum absolute atomic E-state index is 0.561. The Hall–Kier alpha value is -0.850. The monoisotopic (exact) mass is 402 g/mol. The fourth-order valence-electron chi connectivity index (χ4n) is 4.23. The van der Waals surface area contributed by atoms with Gasteiger partial charge in [0.25, 0.3) is 0 Å². The molecule has 0 aliphatic heterocycles. The number of hydrogen-bond donors (Lipinski definition) is 0. The lowest BCUT2D eigenvalue weighted by atomic mass is 10.0. The fraction of sp³-hybridized carbons (Fsp3) is 0.821. The molecule has 0 amide bonds. The van der Waals surface area contributed by atoms with Crippen molar-refractivity contribution in [2.24, 2.45) is 0 Å². The van der Waals surface area contributed by atoms with Crippen LogP contribution < -0.4 is 4.57 Å². The van der Waals surface area contributed by atoms with Crippen LogP contribution in [0.3, 0.4) is 0 Å². The lowest BCUT2D eigenvalue weighted by Gasteiger charge is -2.08. The van der Waals surface area contributed by atoms with Gasteiger partial charge in [0.15, 0.2) is 18.4 Å². The predicted octanol–water partition coefficient (Wildman–Crippen LogP) is 8.92. The van der Waals surface area contributed by atoms with E-state index < -0.39 is 0 Å². The summed E-state index contributed by atoms with van der Waals surface area (Å²) in [5.74, 6) is 0. The normalized spacial score (nSPS) is 11.5. The van der Waals surface area contributed by atoms with Crippen LogP contribution in [0.15, 0.2) is 18.5 Å². The molecular formula is C28H52N+. The summed E-state index contributed by atoms with van der Waals surface area (Å²) in [6.45, 7) is 9.21. The third-order valence-corrected chi connectivity index (χ3v) is 6.23. The van der Waals surface area contributed by atoms with Gasteiger partial charge in [-0.05, 0) is 45.6 Å². The first kappa shape index (κ1) is 26.2. The van der Waals surface area contributed by atoms with Gasteiger partial charge in [-0.2, -0.15) is 0 Å². The molecule has 0 aromatic carbocycles. The number of aromatic nitrogens is 1. The number of nitrogens with zero attached hydrogens (tertiary/aromatic N) is 1. The van der Waals surface area contributed by atoms with Gasteiger partial charge in [0.05, 0.1) is 0 Å². The van der Waals surface area contributed by atoms with Crippen molar-refractivity contribution in [3.8, 4) is 0 Å². The standard InChI is InChI=1S/C28H52N/c1-5-7-9-11-13-15-17-19-21-27-23-28(25-29(24-27)26(3)4)22-20-18-16-14-12-10-8-6-2/h23-26H,5-22H2,1-4H3/q+1. The molecule has 1 heterocycles. The summed E-state index contributed by atoms with van der Waals surface area (Å²) in [4.78, 5) is 0. The molecule has 0 unspecified atom stereocenters. The smallest absolute Gasteiger partial charge is 0.172 e. The third kappa shape index (κ3) is 13.9. The lowest BCUT2D eigenvalue weighted by molar-refractivity contribution is -0.716. The topological polar surface area (TPSA) is 3.88 Å². The van der Waals surface area contributed by atoms with Gasteiger partial charge in [-0.1, -0.05) is 104 Å². The van der Waals surface area contributed by atoms with E-state index in [0.717, 1.165) is 0 Å². The molecule has 0 aliphatic carbocycles. The van der Waals surface area contributed by atoms with Crippen LogP contribution in [0, 0.1) is 0 Å². The zero-order valence-corrected chi connectivity index (χ0v) is 20.5. The van der Waals surface area contributed by atoms with Crippen molar-refractivity contribution >= 4 is 0 Å². The minimum Gasteiger partial charge on any atom is -0.203 e. The van der Waals surface area contributed by atoms with E-state index in [1.54, 1.807) is 11.1 Å². The number of rotatable bonds is 19. The van der Waals surface area contributed by atoms with Crippen LogP contribution in [0.2, 0.25) is 0 Å². The van der Waals surface area contributed by atoms with Crippen LogP contribution in [0.4, 0.5) is 0 Å².